The Kier molecular flexibility index (Phi) is 4.16. The normalized spacial score (nSPS) is 32.3. The number of carbonyl (C=O) groups is 2. The van der Waals surface area contributed by atoms with Crippen molar-refractivity contribution in [2.75, 3.05) is 0 Å². The first-order chi connectivity index (χ1) is 13.8. The van der Waals surface area contributed by atoms with Crippen LogP contribution in [0.1, 0.15) is 71.6 Å². The summed E-state index contributed by atoms with van der Waals surface area (Å²) in [5.74, 6) is 1.24. The molecule has 2 atom stereocenters. The summed E-state index contributed by atoms with van der Waals surface area (Å²) in [5.41, 5.74) is 1.69. The number of rotatable bonds is 5. The molecular formula is C23H28N4O2. The van der Waals surface area contributed by atoms with Crippen LogP contribution >= 0.6 is 0 Å². The van der Waals surface area contributed by atoms with Crippen molar-refractivity contribution in [2.45, 2.75) is 57.4 Å². The predicted octanol–water partition coefficient (Wildman–Crippen LogP) is 3.47. The van der Waals surface area contributed by atoms with Gasteiger partial charge in [0, 0.05) is 30.9 Å². The molecule has 6 rings (SSSR count). The third kappa shape index (κ3) is 3.38. The molecule has 2 heterocycles. The maximum absolute atomic E-state index is 13.0. The van der Waals surface area contributed by atoms with E-state index in [1.165, 1.54) is 6.42 Å². The van der Waals surface area contributed by atoms with E-state index in [9.17, 15) is 9.59 Å². The van der Waals surface area contributed by atoms with Gasteiger partial charge in [0.25, 0.3) is 5.91 Å². The molecule has 1 N–H and O–H groups in total. The molecule has 4 fully saturated rings. The summed E-state index contributed by atoms with van der Waals surface area (Å²) in [6, 6.07) is 7.37. The average molecular weight is 393 g/mol. The van der Waals surface area contributed by atoms with Gasteiger partial charge in [0.15, 0.2) is 5.78 Å². The Hall–Kier alpha value is -2.50. The first-order valence-electron chi connectivity index (χ1n) is 10.6. The second-order valence-corrected chi connectivity index (χ2v) is 9.83. The summed E-state index contributed by atoms with van der Waals surface area (Å²) in [6.45, 7) is 1.90. The number of hydrogen-bond donors (Lipinski definition) is 1. The van der Waals surface area contributed by atoms with Gasteiger partial charge in [0.1, 0.15) is 11.4 Å². The van der Waals surface area contributed by atoms with E-state index in [0.717, 1.165) is 37.8 Å². The Bertz CT molecular complexity index is 965. The van der Waals surface area contributed by atoms with Crippen LogP contribution in [0.25, 0.3) is 0 Å². The Morgan fingerprint density at radius 2 is 1.90 bits per heavy atom. The van der Waals surface area contributed by atoms with E-state index in [1.54, 1.807) is 10.7 Å². The first kappa shape index (κ1) is 18.5. The number of hydrogen-bond acceptors (Lipinski definition) is 4. The molecule has 1 amide bonds. The van der Waals surface area contributed by atoms with Crippen LogP contribution in [-0.4, -0.2) is 32.0 Å². The number of aromatic nitrogens is 3. The van der Waals surface area contributed by atoms with Crippen molar-refractivity contribution in [3.8, 4) is 0 Å². The van der Waals surface area contributed by atoms with E-state index in [2.05, 4.69) is 15.4 Å². The van der Waals surface area contributed by atoms with Crippen LogP contribution in [0.4, 0.5) is 0 Å². The molecule has 0 saturated heterocycles. The average Bonchev–Trinajstić information content (AvgIpc) is 3.06. The Balaban J connectivity index is 1.38. The zero-order chi connectivity index (χ0) is 20.2. The van der Waals surface area contributed by atoms with Crippen molar-refractivity contribution in [3.63, 3.8) is 0 Å². The number of Topliss-reactive ketones (excluding diaryl/α,β-unsaturated/α-hetero) is 1. The fourth-order valence-corrected chi connectivity index (χ4v) is 6.77. The highest BCUT2D eigenvalue weighted by molar-refractivity contribution is 5.95. The third-order valence-electron chi connectivity index (χ3n) is 7.22. The van der Waals surface area contributed by atoms with Crippen molar-refractivity contribution in [2.24, 2.45) is 24.3 Å². The summed E-state index contributed by atoms with van der Waals surface area (Å²) in [4.78, 5) is 30.3. The molecule has 6 nitrogen and oxygen atoms in total. The summed E-state index contributed by atoms with van der Waals surface area (Å²) in [6.07, 6.45) is 8.75. The Morgan fingerprint density at radius 3 is 2.55 bits per heavy atom. The molecule has 2 unspecified atom stereocenters. The quantitative estimate of drug-likeness (QED) is 0.791. The predicted molar refractivity (Wildman–Crippen MR) is 108 cm³/mol. The fraction of sp³-hybridized carbons (Fsp3) is 0.565. The lowest BCUT2D eigenvalue weighted by molar-refractivity contribution is -0.0771. The minimum atomic E-state index is -0.197. The van der Waals surface area contributed by atoms with E-state index >= 15 is 0 Å². The van der Waals surface area contributed by atoms with Crippen molar-refractivity contribution >= 4 is 11.7 Å². The summed E-state index contributed by atoms with van der Waals surface area (Å²) in [5, 5.41) is 7.69. The number of ketones is 1. The zero-order valence-corrected chi connectivity index (χ0v) is 17.1. The maximum atomic E-state index is 13.0. The summed E-state index contributed by atoms with van der Waals surface area (Å²) < 4.78 is 1.68. The molecular weight excluding hydrogens is 364 g/mol. The lowest BCUT2D eigenvalue weighted by atomic mass is 9.46. The van der Waals surface area contributed by atoms with Crippen LogP contribution in [-0.2, 0) is 7.05 Å². The first-order valence-corrected chi connectivity index (χ1v) is 10.6. The largest absolute Gasteiger partial charge is 0.345 e. The zero-order valence-electron chi connectivity index (χ0n) is 17.1. The molecule has 4 aliphatic carbocycles. The van der Waals surface area contributed by atoms with Crippen LogP contribution in [0.5, 0.6) is 0 Å². The number of carbonyl (C=O) groups excluding carboxylic acids is 2. The number of pyridine rings is 1. The molecule has 6 heteroatoms. The van der Waals surface area contributed by atoms with E-state index in [4.69, 9.17) is 0 Å². The molecule has 0 aliphatic heterocycles. The SMILES string of the molecule is Cc1cccc(C(=O)NC23CC4CC(CC(CC(=O)c5ccn(C)n5)(C4)C2)C3)n1. The molecule has 29 heavy (non-hydrogen) atoms. The summed E-state index contributed by atoms with van der Waals surface area (Å²) in [7, 11) is 1.84. The molecule has 0 aromatic carbocycles. The van der Waals surface area contributed by atoms with Gasteiger partial charge < -0.3 is 5.32 Å². The van der Waals surface area contributed by atoms with Gasteiger partial charge in [-0.05, 0) is 80.9 Å². The van der Waals surface area contributed by atoms with E-state index < -0.39 is 0 Å². The highest BCUT2D eigenvalue weighted by atomic mass is 16.2. The molecule has 152 valence electrons. The van der Waals surface area contributed by atoms with Gasteiger partial charge in [0.05, 0.1) is 0 Å². The fourth-order valence-electron chi connectivity index (χ4n) is 6.77. The van der Waals surface area contributed by atoms with Gasteiger partial charge >= 0.3 is 0 Å². The lowest BCUT2D eigenvalue weighted by Crippen LogP contribution is -2.63. The van der Waals surface area contributed by atoms with Crippen molar-refractivity contribution in [3.05, 3.63) is 47.5 Å². The van der Waals surface area contributed by atoms with Gasteiger partial charge in [-0.2, -0.15) is 5.10 Å². The molecule has 4 bridgehead atoms. The topological polar surface area (TPSA) is 76.9 Å². The number of amides is 1. The maximum Gasteiger partial charge on any atom is 0.270 e. The van der Waals surface area contributed by atoms with Gasteiger partial charge in [-0.3, -0.25) is 14.3 Å². The van der Waals surface area contributed by atoms with E-state index in [-0.39, 0.29) is 22.6 Å². The second kappa shape index (κ2) is 6.51. The smallest absolute Gasteiger partial charge is 0.270 e. The highest BCUT2D eigenvalue weighted by Gasteiger charge is 2.58. The van der Waals surface area contributed by atoms with Gasteiger partial charge in [-0.1, -0.05) is 6.07 Å². The van der Waals surface area contributed by atoms with Crippen molar-refractivity contribution in [1.29, 1.82) is 0 Å². The summed E-state index contributed by atoms with van der Waals surface area (Å²) >= 11 is 0. The second-order valence-electron chi connectivity index (χ2n) is 9.83. The molecule has 4 aliphatic rings. The third-order valence-corrected chi connectivity index (χ3v) is 7.22. The van der Waals surface area contributed by atoms with Crippen LogP contribution in [0.2, 0.25) is 0 Å². The van der Waals surface area contributed by atoms with Crippen molar-refractivity contribution < 1.29 is 9.59 Å². The van der Waals surface area contributed by atoms with Gasteiger partial charge in [-0.25, -0.2) is 4.98 Å². The minimum absolute atomic E-state index is 0.00794. The number of nitrogens with one attached hydrogen (secondary N) is 1. The van der Waals surface area contributed by atoms with Gasteiger partial charge in [0.2, 0.25) is 0 Å². The van der Waals surface area contributed by atoms with E-state index in [1.807, 2.05) is 38.4 Å². The van der Waals surface area contributed by atoms with Crippen molar-refractivity contribution in [1.82, 2.24) is 20.1 Å². The van der Waals surface area contributed by atoms with Crippen LogP contribution < -0.4 is 5.32 Å². The number of aryl methyl sites for hydroxylation is 2. The number of nitrogens with zero attached hydrogens (tertiary/aromatic N) is 3. The Morgan fingerprint density at radius 1 is 1.14 bits per heavy atom. The Labute approximate surface area is 171 Å². The molecule has 0 radical (unpaired) electrons. The highest BCUT2D eigenvalue weighted by Crippen LogP contribution is 2.63. The molecule has 4 saturated carbocycles. The monoisotopic (exact) mass is 392 g/mol. The molecule has 2 aromatic heterocycles. The van der Waals surface area contributed by atoms with E-state index in [0.29, 0.717) is 29.6 Å². The lowest BCUT2D eigenvalue weighted by Gasteiger charge is -2.62. The molecule has 0 spiro atoms. The van der Waals surface area contributed by atoms with Crippen LogP contribution in [0.15, 0.2) is 30.5 Å². The minimum Gasteiger partial charge on any atom is -0.345 e. The van der Waals surface area contributed by atoms with Crippen LogP contribution in [0.3, 0.4) is 0 Å². The standard InChI is InChI=1S/C23H28N4O2/c1-15-4-3-5-19(24-15)21(29)25-23-11-16-8-17(12-23)10-22(9-16,14-23)13-20(28)18-6-7-27(2)26-18/h3-7,16-17H,8-14H2,1-2H3,(H,25,29). The van der Waals surface area contributed by atoms with Gasteiger partial charge in [-0.15, -0.1) is 0 Å². The molecule has 2 aromatic rings. The van der Waals surface area contributed by atoms with Crippen LogP contribution in [0, 0.1) is 24.2 Å².